The van der Waals surface area contributed by atoms with Gasteiger partial charge in [0.25, 0.3) is 5.91 Å². The first-order chi connectivity index (χ1) is 23.7. The summed E-state index contributed by atoms with van der Waals surface area (Å²) in [5.41, 5.74) is 3.42. The maximum Gasteiger partial charge on any atom is 0.264 e. The van der Waals surface area contributed by atoms with Gasteiger partial charge in [-0.3, -0.25) is 14.3 Å². The summed E-state index contributed by atoms with van der Waals surface area (Å²) < 4.78 is 14.5. The Bertz CT molecular complexity index is 1830. The van der Waals surface area contributed by atoms with Gasteiger partial charge in [-0.2, -0.15) is 0 Å². The fourth-order valence-electron chi connectivity index (χ4n) is 8.52. The van der Waals surface area contributed by atoms with Crippen molar-refractivity contribution < 1.29 is 24.2 Å². The first-order valence-electron chi connectivity index (χ1n) is 17.3. The molecule has 4 heterocycles. The van der Waals surface area contributed by atoms with Crippen molar-refractivity contribution in [2.75, 3.05) is 30.1 Å². The number of rotatable bonds is 11. The lowest BCUT2D eigenvalue weighted by Crippen LogP contribution is -2.51. The number of aliphatic hydroxyl groups excluding tert-OH is 1. The van der Waals surface area contributed by atoms with Gasteiger partial charge in [-0.1, -0.05) is 72.9 Å². The van der Waals surface area contributed by atoms with Crippen molar-refractivity contribution in [2.24, 2.45) is 5.92 Å². The van der Waals surface area contributed by atoms with Gasteiger partial charge < -0.3 is 24.4 Å². The van der Waals surface area contributed by atoms with Gasteiger partial charge in [-0.15, -0.1) is 5.10 Å². The molecule has 1 aromatic heterocycles. The molecule has 49 heavy (non-hydrogen) atoms. The molecule has 0 bridgehead atoms. The average Bonchev–Trinajstić information content (AvgIpc) is 3.87. The van der Waals surface area contributed by atoms with Gasteiger partial charge in [0.15, 0.2) is 5.60 Å². The van der Waals surface area contributed by atoms with Gasteiger partial charge >= 0.3 is 0 Å². The van der Waals surface area contributed by atoms with E-state index in [1.54, 1.807) is 7.11 Å². The fourth-order valence-corrected chi connectivity index (χ4v) is 12.6. The first-order valence-corrected chi connectivity index (χ1v) is 20.4. The number of aliphatic hydroxyl groups is 1. The third-order valence-electron chi connectivity index (χ3n) is 11.0. The zero-order chi connectivity index (χ0) is 34.3. The van der Waals surface area contributed by atoms with Gasteiger partial charge in [0, 0.05) is 55.9 Å². The highest BCUT2D eigenvalue weighted by atomic mass is 28.3. The molecule has 0 saturated carbocycles. The number of para-hydroxylation sites is 1. The number of methoxy groups -OCH3 is 1. The Labute approximate surface area is 288 Å². The van der Waals surface area contributed by atoms with Crippen LogP contribution in [0.1, 0.15) is 43.0 Å². The second-order valence-corrected chi connectivity index (χ2v) is 18.8. The normalized spacial score (nSPS) is 23.6. The van der Waals surface area contributed by atoms with E-state index >= 15 is 4.79 Å². The molecule has 4 aromatic rings. The Hall–Kier alpha value is -4.32. The lowest BCUT2D eigenvalue weighted by Gasteiger charge is -2.37. The number of hydrogen-bond donors (Lipinski definition) is 1. The standard InChI is InChI=1S/C38H45N5O5Si/c1-26-36(49(3,4)31-17-15-30(47-2)16-18-31)34(19-22-41-25-28(20-23-44)39-40-41)48-38(26)32-8-5-6-9-33(32)43(37(38)46)24-27-11-13-29(14-12-27)42-21-7-10-35(42)45/h5-6,8-9,11-18,25-26,34,36,44H,7,10,19-24H2,1-4H3/t26-,34+,36-,38+/m0/s1. The molecule has 2 amide bonds. The number of benzene rings is 3. The highest BCUT2D eigenvalue weighted by Gasteiger charge is 2.66. The number of carbonyl (C=O) groups is 2. The van der Waals surface area contributed by atoms with Crippen molar-refractivity contribution in [3.63, 3.8) is 0 Å². The molecule has 3 aromatic carbocycles. The Kier molecular flexibility index (Phi) is 8.93. The van der Waals surface area contributed by atoms with Crippen LogP contribution in [-0.2, 0) is 39.4 Å². The summed E-state index contributed by atoms with van der Waals surface area (Å²) in [5, 5.41) is 19.2. The third kappa shape index (κ3) is 5.77. The van der Waals surface area contributed by atoms with E-state index in [1.807, 2.05) is 75.3 Å². The molecular weight excluding hydrogens is 635 g/mol. The summed E-state index contributed by atoms with van der Waals surface area (Å²) in [6, 6.07) is 24.5. The highest BCUT2D eigenvalue weighted by molar-refractivity contribution is 6.91. The fraction of sp³-hybridized carbons (Fsp3) is 0.421. The van der Waals surface area contributed by atoms with Crippen molar-refractivity contribution >= 4 is 36.4 Å². The van der Waals surface area contributed by atoms with Gasteiger partial charge in [0.2, 0.25) is 5.91 Å². The zero-order valence-electron chi connectivity index (χ0n) is 28.7. The lowest BCUT2D eigenvalue weighted by atomic mass is 9.82. The van der Waals surface area contributed by atoms with Crippen molar-refractivity contribution in [3.8, 4) is 5.75 Å². The van der Waals surface area contributed by atoms with E-state index in [4.69, 9.17) is 9.47 Å². The van der Waals surface area contributed by atoms with Gasteiger partial charge in [-0.25, -0.2) is 0 Å². The Morgan fingerprint density at radius 1 is 1.04 bits per heavy atom. The first kappa shape index (κ1) is 33.2. The second kappa shape index (κ2) is 13.2. The Morgan fingerprint density at radius 3 is 2.49 bits per heavy atom. The van der Waals surface area contributed by atoms with E-state index < -0.39 is 13.7 Å². The van der Waals surface area contributed by atoms with E-state index in [2.05, 4.69) is 48.5 Å². The molecule has 2 saturated heterocycles. The predicted octanol–water partition coefficient (Wildman–Crippen LogP) is 4.80. The SMILES string of the molecule is COc1ccc([Si](C)(C)[C@@H]2[C@@H](CCn3cc(CCO)nn3)O[C@]3(C(=O)N(Cc4ccc(N5CCCC5=O)cc4)c4ccccc43)[C@H]2C)cc1. The summed E-state index contributed by atoms with van der Waals surface area (Å²) in [6.45, 7) is 8.73. The number of fused-ring (bicyclic) bond motifs is 2. The largest absolute Gasteiger partial charge is 0.497 e. The van der Waals surface area contributed by atoms with Crippen LogP contribution in [0, 0.1) is 5.92 Å². The Balaban J connectivity index is 1.23. The number of aromatic nitrogens is 3. The minimum Gasteiger partial charge on any atom is -0.497 e. The van der Waals surface area contributed by atoms with Crippen molar-refractivity contribution in [3.05, 3.63) is 95.8 Å². The number of aryl methyl sites for hydroxylation is 1. The smallest absolute Gasteiger partial charge is 0.264 e. The molecule has 7 rings (SSSR count). The van der Waals surface area contributed by atoms with Crippen LogP contribution in [-0.4, -0.2) is 66.4 Å². The lowest BCUT2D eigenvalue weighted by molar-refractivity contribution is -0.146. The number of anilines is 2. The van der Waals surface area contributed by atoms with Crippen LogP contribution in [0.4, 0.5) is 11.4 Å². The third-order valence-corrected chi connectivity index (χ3v) is 15.4. The molecular formula is C38H45N5O5Si. The van der Waals surface area contributed by atoms with Crippen molar-refractivity contribution in [1.29, 1.82) is 0 Å². The monoisotopic (exact) mass is 679 g/mol. The van der Waals surface area contributed by atoms with Gasteiger partial charge in [-0.05, 0) is 54.3 Å². The van der Waals surface area contributed by atoms with Crippen molar-refractivity contribution in [2.45, 2.75) is 76.0 Å². The number of nitrogens with zero attached hydrogens (tertiary/aromatic N) is 5. The summed E-state index contributed by atoms with van der Waals surface area (Å²) in [6.07, 6.45) is 4.26. The number of carbonyl (C=O) groups excluding carboxylic acids is 2. The molecule has 3 aliphatic rings. The summed E-state index contributed by atoms with van der Waals surface area (Å²) >= 11 is 0. The molecule has 0 radical (unpaired) electrons. The maximum atomic E-state index is 15.0. The topological polar surface area (TPSA) is 110 Å². The van der Waals surface area contributed by atoms with Crippen LogP contribution in [0.25, 0.3) is 0 Å². The van der Waals surface area contributed by atoms with E-state index in [0.29, 0.717) is 32.4 Å². The molecule has 4 atom stereocenters. The molecule has 256 valence electrons. The van der Waals surface area contributed by atoms with Crippen molar-refractivity contribution in [1.82, 2.24) is 15.0 Å². The molecule has 10 nitrogen and oxygen atoms in total. The van der Waals surface area contributed by atoms with Crippen LogP contribution in [0.3, 0.4) is 0 Å². The average molecular weight is 680 g/mol. The second-order valence-electron chi connectivity index (χ2n) is 14.1. The highest BCUT2D eigenvalue weighted by Crippen LogP contribution is 2.60. The minimum absolute atomic E-state index is 0.0223. The predicted molar refractivity (Wildman–Crippen MR) is 191 cm³/mol. The van der Waals surface area contributed by atoms with Crippen LogP contribution in [0.5, 0.6) is 5.75 Å². The summed E-state index contributed by atoms with van der Waals surface area (Å²) in [7, 11) is -0.603. The van der Waals surface area contributed by atoms with Crippen LogP contribution >= 0.6 is 0 Å². The number of ether oxygens (including phenoxy) is 2. The molecule has 2 fully saturated rings. The number of hydrogen-bond acceptors (Lipinski definition) is 7. The molecule has 11 heteroatoms. The summed E-state index contributed by atoms with van der Waals surface area (Å²) in [4.78, 5) is 31.1. The molecule has 3 aliphatic heterocycles. The zero-order valence-corrected chi connectivity index (χ0v) is 29.7. The van der Waals surface area contributed by atoms with E-state index in [0.717, 1.165) is 46.9 Å². The van der Waals surface area contributed by atoms with Crippen LogP contribution in [0.2, 0.25) is 18.6 Å². The molecule has 1 N–H and O–H groups in total. The molecule has 0 aliphatic carbocycles. The Morgan fingerprint density at radius 2 is 1.80 bits per heavy atom. The van der Waals surface area contributed by atoms with Gasteiger partial charge in [0.1, 0.15) is 5.75 Å². The maximum absolute atomic E-state index is 15.0. The van der Waals surface area contributed by atoms with Gasteiger partial charge in [0.05, 0.1) is 39.2 Å². The van der Waals surface area contributed by atoms with Crippen LogP contribution < -0.4 is 19.7 Å². The molecule has 0 unspecified atom stereocenters. The van der Waals surface area contributed by atoms with E-state index in [-0.39, 0.29) is 36.0 Å². The quantitative estimate of drug-likeness (QED) is 0.227. The van der Waals surface area contributed by atoms with E-state index in [1.165, 1.54) is 5.19 Å². The van der Waals surface area contributed by atoms with E-state index in [9.17, 15) is 9.90 Å². The summed E-state index contributed by atoms with van der Waals surface area (Å²) in [5.74, 6) is 0.838. The number of amides is 2. The van der Waals surface area contributed by atoms with Crippen LogP contribution in [0.15, 0.2) is 79.0 Å². The molecule has 1 spiro atoms. The minimum atomic E-state index is -2.28.